The average Bonchev–Trinajstić information content (AvgIpc) is 3.10. The maximum absolute atomic E-state index is 12.6. The Labute approximate surface area is 168 Å². The molecule has 0 bridgehead atoms. The number of rotatable bonds is 7. The number of alkyl halides is 3. The third-order valence-electron chi connectivity index (χ3n) is 3.57. The molecule has 29 heavy (non-hydrogen) atoms. The minimum absolute atomic E-state index is 0.0617. The van der Waals surface area contributed by atoms with Gasteiger partial charge in [-0.15, -0.1) is 11.8 Å². The fraction of sp³-hybridized carbons (Fsp3) is 0.211. The van der Waals surface area contributed by atoms with Crippen molar-refractivity contribution in [3.8, 4) is 5.75 Å². The van der Waals surface area contributed by atoms with E-state index < -0.39 is 12.8 Å². The number of benzene rings is 2. The van der Waals surface area contributed by atoms with E-state index in [-0.39, 0.29) is 11.7 Å². The van der Waals surface area contributed by atoms with E-state index in [1.54, 1.807) is 25.1 Å². The predicted molar refractivity (Wildman–Crippen MR) is 101 cm³/mol. The van der Waals surface area contributed by atoms with Gasteiger partial charge in [0.2, 0.25) is 5.89 Å². The van der Waals surface area contributed by atoms with Crippen LogP contribution in [0.1, 0.15) is 22.1 Å². The monoisotopic (exact) mass is 423 g/mol. The Morgan fingerprint density at radius 3 is 2.55 bits per heavy atom. The van der Waals surface area contributed by atoms with Gasteiger partial charge in [0.15, 0.2) is 12.4 Å². The highest BCUT2D eigenvalue weighted by atomic mass is 32.2. The van der Waals surface area contributed by atoms with Crippen molar-refractivity contribution in [2.75, 3.05) is 11.9 Å². The van der Waals surface area contributed by atoms with Crippen LogP contribution in [-0.2, 0) is 5.75 Å². The summed E-state index contributed by atoms with van der Waals surface area (Å²) >= 11 is 1.39. The molecule has 152 valence electrons. The third-order valence-corrected chi connectivity index (χ3v) is 4.64. The molecule has 0 unspecified atom stereocenters. The van der Waals surface area contributed by atoms with Crippen molar-refractivity contribution in [1.82, 2.24) is 10.1 Å². The van der Waals surface area contributed by atoms with Gasteiger partial charge in [0, 0.05) is 17.5 Å². The van der Waals surface area contributed by atoms with Gasteiger partial charge in [0.25, 0.3) is 5.91 Å². The number of amides is 1. The Bertz CT molecular complexity index is 975. The standard InChI is InChI=1S/C19H16F3N3O3S/c1-12-23-17(25-28-12)10-29-16-5-3-2-4-15(16)18(26)24-13-6-8-14(9-7-13)27-11-19(20,21)22/h2-9H,10-11H2,1H3,(H,24,26). The van der Waals surface area contributed by atoms with Gasteiger partial charge in [0.1, 0.15) is 5.75 Å². The lowest BCUT2D eigenvalue weighted by atomic mass is 10.2. The number of aromatic nitrogens is 2. The molecule has 0 radical (unpaired) electrons. The molecule has 3 rings (SSSR count). The van der Waals surface area contributed by atoms with Crippen molar-refractivity contribution in [1.29, 1.82) is 0 Å². The Kier molecular flexibility index (Phi) is 6.42. The smallest absolute Gasteiger partial charge is 0.422 e. The normalized spacial score (nSPS) is 11.3. The van der Waals surface area contributed by atoms with E-state index in [9.17, 15) is 18.0 Å². The maximum Gasteiger partial charge on any atom is 0.422 e. The summed E-state index contributed by atoms with van der Waals surface area (Å²) < 4.78 is 46.2. The summed E-state index contributed by atoms with van der Waals surface area (Å²) in [5.74, 6) is 1.15. The molecule has 2 aromatic carbocycles. The first kappa shape index (κ1) is 20.7. The van der Waals surface area contributed by atoms with Crippen LogP contribution in [0, 0.1) is 6.92 Å². The number of ether oxygens (including phenoxy) is 1. The Balaban J connectivity index is 1.63. The number of anilines is 1. The molecule has 0 spiro atoms. The van der Waals surface area contributed by atoms with Crippen LogP contribution in [0.2, 0.25) is 0 Å². The van der Waals surface area contributed by atoms with Crippen molar-refractivity contribution in [2.45, 2.75) is 23.7 Å². The van der Waals surface area contributed by atoms with Crippen LogP contribution in [0.4, 0.5) is 18.9 Å². The van der Waals surface area contributed by atoms with Crippen LogP contribution in [-0.4, -0.2) is 28.8 Å². The van der Waals surface area contributed by atoms with Gasteiger partial charge in [-0.1, -0.05) is 17.3 Å². The zero-order chi connectivity index (χ0) is 20.9. The first-order valence-corrected chi connectivity index (χ1v) is 9.41. The zero-order valence-electron chi connectivity index (χ0n) is 15.2. The van der Waals surface area contributed by atoms with Crippen molar-refractivity contribution >= 4 is 23.4 Å². The van der Waals surface area contributed by atoms with E-state index in [0.717, 1.165) is 4.90 Å². The Morgan fingerprint density at radius 2 is 1.90 bits per heavy atom. The van der Waals surface area contributed by atoms with Crippen molar-refractivity contribution in [3.63, 3.8) is 0 Å². The molecule has 0 saturated carbocycles. The van der Waals surface area contributed by atoms with Crippen molar-refractivity contribution in [3.05, 3.63) is 65.8 Å². The molecular weight excluding hydrogens is 407 g/mol. The number of hydrogen-bond acceptors (Lipinski definition) is 6. The molecule has 0 aliphatic rings. The number of halogens is 3. The predicted octanol–water partition coefficient (Wildman–Crippen LogP) is 4.86. The van der Waals surface area contributed by atoms with E-state index in [1.165, 1.54) is 36.0 Å². The topological polar surface area (TPSA) is 77.2 Å². The number of nitrogens with zero attached hydrogens (tertiary/aromatic N) is 2. The fourth-order valence-electron chi connectivity index (χ4n) is 2.32. The third kappa shape index (κ3) is 6.24. The molecule has 0 atom stereocenters. The molecule has 3 aromatic rings. The van der Waals surface area contributed by atoms with Crippen molar-refractivity contribution < 1.29 is 27.2 Å². The Hall–Kier alpha value is -3.01. The number of carbonyl (C=O) groups excluding carboxylic acids is 1. The summed E-state index contributed by atoms with van der Waals surface area (Å²) in [6.07, 6.45) is -4.41. The summed E-state index contributed by atoms with van der Waals surface area (Å²) in [4.78, 5) is 17.5. The SMILES string of the molecule is Cc1nc(CSc2ccccc2C(=O)Nc2ccc(OCC(F)(F)F)cc2)no1. The summed E-state index contributed by atoms with van der Waals surface area (Å²) in [6, 6.07) is 12.7. The van der Waals surface area contributed by atoms with Gasteiger partial charge >= 0.3 is 6.18 Å². The van der Waals surface area contributed by atoms with E-state index in [4.69, 9.17) is 4.52 Å². The van der Waals surface area contributed by atoms with Crippen LogP contribution < -0.4 is 10.1 Å². The highest BCUT2D eigenvalue weighted by Crippen LogP contribution is 2.27. The van der Waals surface area contributed by atoms with E-state index in [1.807, 2.05) is 6.07 Å². The largest absolute Gasteiger partial charge is 0.484 e. The van der Waals surface area contributed by atoms with Gasteiger partial charge in [0.05, 0.1) is 11.3 Å². The molecule has 10 heteroatoms. The number of hydrogen-bond donors (Lipinski definition) is 1. The lowest BCUT2D eigenvalue weighted by Crippen LogP contribution is -2.19. The quantitative estimate of drug-likeness (QED) is 0.547. The second kappa shape index (κ2) is 8.99. The number of nitrogens with one attached hydrogen (secondary N) is 1. The molecule has 1 aromatic heterocycles. The van der Waals surface area contributed by atoms with Crippen LogP contribution in [0.15, 0.2) is 57.9 Å². The minimum Gasteiger partial charge on any atom is -0.484 e. The summed E-state index contributed by atoms with van der Waals surface area (Å²) in [7, 11) is 0. The lowest BCUT2D eigenvalue weighted by molar-refractivity contribution is -0.153. The van der Waals surface area contributed by atoms with E-state index >= 15 is 0 Å². The lowest BCUT2D eigenvalue weighted by Gasteiger charge is -2.11. The summed E-state index contributed by atoms with van der Waals surface area (Å²) in [5.41, 5.74) is 0.887. The average molecular weight is 423 g/mol. The molecule has 0 aliphatic carbocycles. The highest BCUT2D eigenvalue weighted by Gasteiger charge is 2.28. The van der Waals surface area contributed by atoms with Gasteiger partial charge in [-0.05, 0) is 36.4 Å². The molecule has 0 fully saturated rings. The first-order valence-electron chi connectivity index (χ1n) is 8.42. The summed E-state index contributed by atoms with van der Waals surface area (Å²) in [5, 5.41) is 6.54. The van der Waals surface area contributed by atoms with Gasteiger partial charge in [-0.25, -0.2) is 0 Å². The van der Waals surface area contributed by atoms with Crippen molar-refractivity contribution in [2.24, 2.45) is 0 Å². The number of carbonyl (C=O) groups is 1. The molecule has 1 heterocycles. The maximum atomic E-state index is 12.6. The number of aryl methyl sites for hydroxylation is 1. The first-order chi connectivity index (χ1) is 13.8. The molecular formula is C19H16F3N3O3S. The van der Waals surface area contributed by atoms with Crippen LogP contribution in [0.5, 0.6) is 5.75 Å². The molecule has 1 N–H and O–H groups in total. The molecule has 0 saturated heterocycles. The van der Waals surface area contributed by atoms with E-state index in [2.05, 4.69) is 20.2 Å². The van der Waals surface area contributed by atoms with Gasteiger partial charge in [-0.2, -0.15) is 18.2 Å². The minimum atomic E-state index is -4.41. The molecule has 6 nitrogen and oxygen atoms in total. The van der Waals surface area contributed by atoms with Crippen LogP contribution in [0.3, 0.4) is 0 Å². The van der Waals surface area contributed by atoms with Gasteiger partial charge < -0.3 is 14.6 Å². The van der Waals surface area contributed by atoms with E-state index in [0.29, 0.717) is 28.7 Å². The Morgan fingerprint density at radius 1 is 1.17 bits per heavy atom. The highest BCUT2D eigenvalue weighted by molar-refractivity contribution is 7.98. The van der Waals surface area contributed by atoms with Crippen LogP contribution in [0.25, 0.3) is 0 Å². The molecule has 1 amide bonds. The molecule has 0 aliphatic heterocycles. The number of thioether (sulfide) groups is 1. The van der Waals surface area contributed by atoms with Crippen LogP contribution >= 0.6 is 11.8 Å². The van der Waals surface area contributed by atoms with Gasteiger partial charge in [-0.3, -0.25) is 4.79 Å². The second-order valence-electron chi connectivity index (χ2n) is 5.90. The zero-order valence-corrected chi connectivity index (χ0v) is 16.0. The second-order valence-corrected chi connectivity index (χ2v) is 6.91. The fourth-order valence-corrected chi connectivity index (χ4v) is 3.21. The summed E-state index contributed by atoms with van der Waals surface area (Å²) in [6.45, 7) is 0.325.